The van der Waals surface area contributed by atoms with E-state index in [2.05, 4.69) is 0 Å². The maximum atomic E-state index is 14.2. The highest BCUT2D eigenvalue weighted by molar-refractivity contribution is 7.77. The molecule has 0 fully saturated rings. The lowest BCUT2D eigenvalue weighted by atomic mass is 10.1. The summed E-state index contributed by atoms with van der Waals surface area (Å²) in [6, 6.07) is -2.47. The van der Waals surface area contributed by atoms with Gasteiger partial charge in [-0.05, 0) is 121 Å². The summed E-state index contributed by atoms with van der Waals surface area (Å²) >= 11 is 0. The van der Waals surface area contributed by atoms with Crippen molar-refractivity contribution in [2.45, 2.75) is 62.0 Å². The second kappa shape index (κ2) is 17.0. The number of halogens is 24. The molecular weight excluding hydrogens is 986 g/mol. The molecule has 4 aromatic carbocycles. The second-order valence-corrected chi connectivity index (χ2v) is 18.8. The van der Waals surface area contributed by atoms with Gasteiger partial charge in [0.25, 0.3) is 0 Å². The predicted molar refractivity (Wildman–Crippen MR) is 188 cm³/mol. The molecule has 4 aromatic rings. The predicted octanol–water partition coefficient (Wildman–Crippen LogP) is 14.9. The van der Waals surface area contributed by atoms with E-state index in [0.717, 1.165) is 19.1 Å². The van der Waals surface area contributed by atoms with Crippen LogP contribution in [0.1, 0.15) is 51.4 Å². The molecule has 65 heavy (non-hydrogen) atoms. The first-order valence-corrected chi connectivity index (χ1v) is 20.1. The van der Waals surface area contributed by atoms with Crippen molar-refractivity contribution in [3.05, 3.63) is 141 Å². The third-order valence-electron chi connectivity index (χ3n) is 9.47. The molecule has 0 N–H and O–H groups in total. The molecule has 0 amide bonds. The molecule has 0 saturated heterocycles. The Bertz CT molecular complexity index is 2190. The highest BCUT2D eigenvalue weighted by Crippen LogP contribution is 2.58. The van der Waals surface area contributed by atoms with Crippen molar-refractivity contribution in [3.63, 3.8) is 0 Å². The lowest BCUT2D eigenvalue weighted by Gasteiger charge is -2.35. The summed E-state index contributed by atoms with van der Waals surface area (Å²) in [5.41, 5.74) is -19.3. The third kappa shape index (κ3) is 11.7. The van der Waals surface area contributed by atoms with Crippen LogP contribution < -0.4 is 21.2 Å². The Morgan fingerprint density at radius 2 is 0.554 bits per heavy atom. The fourth-order valence-corrected chi connectivity index (χ4v) is 12.5. The van der Waals surface area contributed by atoms with Crippen molar-refractivity contribution in [2.24, 2.45) is 5.92 Å². The Balaban J connectivity index is 1.92. The summed E-state index contributed by atoms with van der Waals surface area (Å²) in [6.45, 7) is 0.773. The van der Waals surface area contributed by atoms with Crippen LogP contribution in [0.25, 0.3) is 0 Å². The minimum atomic E-state index is -5.72. The van der Waals surface area contributed by atoms with Gasteiger partial charge in [0, 0.05) is 5.92 Å². The lowest BCUT2D eigenvalue weighted by Crippen LogP contribution is -2.30. The fourth-order valence-electron chi connectivity index (χ4n) is 6.63. The molecule has 354 valence electrons. The van der Waals surface area contributed by atoms with Crippen LogP contribution in [0, 0.1) is 5.92 Å². The van der Waals surface area contributed by atoms with Crippen molar-refractivity contribution in [1.82, 2.24) is 0 Å². The summed E-state index contributed by atoms with van der Waals surface area (Å²) in [4.78, 5) is 0. The molecule has 26 heteroatoms. The normalized spacial score (nSPS) is 16.5. The third-order valence-corrected chi connectivity index (χ3v) is 14.8. The minimum absolute atomic E-state index is 0.0688. The van der Waals surface area contributed by atoms with Crippen LogP contribution in [0.15, 0.2) is 96.3 Å². The Labute approximate surface area is 351 Å². The molecule has 0 nitrogen and oxygen atoms in total. The Hall–Kier alpha value is -4.46. The molecule has 1 unspecified atom stereocenters. The summed E-state index contributed by atoms with van der Waals surface area (Å²) in [6.07, 6.45) is -43.4. The van der Waals surface area contributed by atoms with Crippen molar-refractivity contribution in [2.75, 3.05) is 0 Å². The van der Waals surface area contributed by atoms with E-state index in [1.54, 1.807) is 0 Å². The van der Waals surface area contributed by atoms with Crippen LogP contribution in [-0.2, 0) is 49.4 Å². The molecule has 0 aliphatic heterocycles. The molecule has 0 saturated carbocycles. The Morgan fingerprint density at radius 1 is 0.338 bits per heavy atom. The number of benzene rings is 4. The van der Waals surface area contributed by atoms with Gasteiger partial charge >= 0.3 is 49.4 Å². The molecule has 1 aliphatic rings. The zero-order chi connectivity index (χ0) is 49.4. The van der Waals surface area contributed by atoms with Crippen molar-refractivity contribution >= 4 is 37.1 Å². The zero-order valence-corrected chi connectivity index (χ0v) is 33.1. The summed E-state index contributed by atoms with van der Waals surface area (Å²) < 4.78 is 340. The Kier molecular flexibility index (Phi) is 13.5. The van der Waals surface area contributed by atoms with E-state index in [1.165, 1.54) is 0 Å². The maximum absolute atomic E-state index is 14.2. The zero-order valence-electron chi connectivity index (χ0n) is 31.3. The number of alkyl halides is 24. The van der Waals surface area contributed by atoms with E-state index in [0.29, 0.717) is 6.08 Å². The quantitative estimate of drug-likeness (QED) is 0.128. The van der Waals surface area contributed by atoms with Gasteiger partial charge in [-0.3, -0.25) is 0 Å². The topological polar surface area (TPSA) is 0 Å². The molecule has 2 atom stereocenters. The van der Waals surface area contributed by atoms with E-state index in [4.69, 9.17) is 0 Å². The molecule has 1 aliphatic carbocycles. The van der Waals surface area contributed by atoms with Crippen molar-refractivity contribution < 1.29 is 105 Å². The standard InChI is InChI=1S/C39H20F24P2/c1-17(64(26-9-18(32(40,41)42)5-19(10-26)33(43,44)45)27-11-20(34(46,47)48)6-21(12-27)35(49,50)51)30-3-2-4-31(30)65(28-13-22(36(52,53)54)7-23(14-28)37(55,56)57)29-15-24(38(58,59)60)8-25(16-29)39(61,62)63/h2-17,30H,1H3/t17-,30?/m1/s1. The van der Waals surface area contributed by atoms with Crippen LogP contribution in [0.5, 0.6) is 0 Å². The number of hydrogen-bond donors (Lipinski definition) is 0. The summed E-state index contributed by atoms with van der Waals surface area (Å²) in [5.74, 6) is -1.99. The largest absolute Gasteiger partial charge is 0.416 e. The van der Waals surface area contributed by atoms with E-state index in [9.17, 15) is 105 Å². The van der Waals surface area contributed by atoms with Crippen LogP contribution in [0.2, 0.25) is 0 Å². The summed E-state index contributed by atoms with van der Waals surface area (Å²) in [7, 11) is -7.22. The first kappa shape index (κ1) is 51.5. The molecule has 0 aromatic heterocycles. The van der Waals surface area contributed by atoms with Gasteiger partial charge in [-0.1, -0.05) is 25.2 Å². The van der Waals surface area contributed by atoms with Gasteiger partial charge in [0.05, 0.1) is 44.5 Å². The first-order chi connectivity index (χ1) is 29.2. The van der Waals surface area contributed by atoms with Gasteiger partial charge in [-0.25, -0.2) is 0 Å². The van der Waals surface area contributed by atoms with Gasteiger partial charge in [-0.15, -0.1) is 0 Å². The lowest BCUT2D eigenvalue weighted by molar-refractivity contribution is -0.144. The number of rotatable bonds is 7. The highest BCUT2D eigenvalue weighted by atomic mass is 31.1. The van der Waals surface area contributed by atoms with E-state index in [-0.39, 0.29) is 48.5 Å². The SMILES string of the molecule is C[C@H](C1C=CC=C1P(c1cc(C(F)(F)F)cc(C(F)(F)F)c1)c1cc(C(F)(F)F)cc(C(F)(F)F)c1)P(c1cc(C(F)(F)F)cc(C(F)(F)F)c1)c1cc(C(F)(F)F)cc(C(F)(F)F)c1. The Morgan fingerprint density at radius 3 is 0.769 bits per heavy atom. The number of allylic oxidation sites excluding steroid dienone is 4. The van der Waals surface area contributed by atoms with Crippen LogP contribution >= 0.6 is 15.8 Å². The van der Waals surface area contributed by atoms with Gasteiger partial charge in [0.2, 0.25) is 0 Å². The van der Waals surface area contributed by atoms with E-state index >= 15 is 0 Å². The minimum Gasteiger partial charge on any atom is -0.166 e. The average molecular weight is 1010 g/mol. The van der Waals surface area contributed by atoms with Crippen LogP contribution in [-0.4, -0.2) is 5.66 Å². The first-order valence-electron chi connectivity index (χ1n) is 17.3. The van der Waals surface area contributed by atoms with Gasteiger partial charge in [0.15, 0.2) is 0 Å². The molecule has 5 rings (SSSR count). The fraction of sp³-hybridized carbons (Fsp3) is 0.282. The maximum Gasteiger partial charge on any atom is 0.416 e. The molecular formula is C39H20F24P2. The van der Waals surface area contributed by atoms with Crippen molar-refractivity contribution in [1.29, 1.82) is 0 Å². The monoisotopic (exact) mass is 1010 g/mol. The average Bonchev–Trinajstić information content (AvgIpc) is 3.61. The van der Waals surface area contributed by atoms with Crippen LogP contribution in [0.3, 0.4) is 0 Å². The number of hydrogen-bond acceptors (Lipinski definition) is 0. The van der Waals surface area contributed by atoms with Crippen molar-refractivity contribution in [3.8, 4) is 0 Å². The summed E-state index contributed by atoms with van der Waals surface area (Å²) in [5, 5.41) is -5.87. The van der Waals surface area contributed by atoms with Crippen LogP contribution in [0.4, 0.5) is 105 Å². The van der Waals surface area contributed by atoms with E-state index < -0.39 is 172 Å². The van der Waals surface area contributed by atoms with Gasteiger partial charge < -0.3 is 0 Å². The van der Waals surface area contributed by atoms with E-state index in [1.807, 2.05) is 0 Å². The molecule has 0 spiro atoms. The second-order valence-electron chi connectivity index (χ2n) is 14.0. The van der Waals surface area contributed by atoms with Gasteiger partial charge in [-0.2, -0.15) is 105 Å². The highest BCUT2D eigenvalue weighted by Gasteiger charge is 2.45. The molecule has 0 heterocycles. The molecule has 0 radical (unpaired) electrons. The smallest absolute Gasteiger partial charge is 0.166 e. The molecule has 0 bridgehead atoms. The van der Waals surface area contributed by atoms with Gasteiger partial charge in [0.1, 0.15) is 0 Å².